The van der Waals surface area contributed by atoms with E-state index in [0.29, 0.717) is 0 Å². The average molecular weight is 272 g/mol. The Kier molecular flexibility index (Phi) is 4.30. The molecule has 0 unspecified atom stereocenters. The fraction of sp³-hybridized carbons (Fsp3) is 0.667. The molecule has 2 aliphatic rings. The van der Waals surface area contributed by atoms with Crippen molar-refractivity contribution in [3.8, 4) is 0 Å². The molecule has 0 heterocycles. The summed E-state index contributed by atoms with van der Waals surface area (Å²) in [5.74, 6) is 1.99. The molecule has 20 heavy (non-hydrogen) atoms. The topological polar surface area (TPSA) is 15.3 Å². The molecule has 2 saturated carbocycles. The van der Waals surface area contributed by atoms with Crippen LogP contribution >= 0.6 is 0 Å². The summed E-state index contributed by atoms with van der Waals surface area (Å²) in [6, 6.07) is 9.69. The molecule has 0 atom stereocenters. The number of hydrogen-bond acceptors (Lipinski definition) is 2. The molecule has 2 heteroatoms. The van der Waals surface area contributed by atoms with E-state index in [1.807, 2.05) is 0 Å². The predicted octanol–water partition coefficient (Wildman–Crippen LogP) is 3.60. The number of hydrogen-bond donors (Lipinski definition) is 1. The van der Waals surface area contributed by atoms with Crippen LogP contribution in [-0.4, -0.2) is 25.7 Å². The van der Waals surface area contributed by atoms with Crippen LogP contribution in [0.4, 0.5) is 5.69 Å². The molecule has 110 valence electrons. The minimum absolute atomic E-state index is 0.825. The lowest BCUT2D eigenvalue weighted by atomic mass is 10.1. The zero-order valence-corrected chi connectivity index (χ0v) is 12.9. The summed E-state index contributed by atoms with van der Waals surface area (Å²) in [5.41, 5.74) is 2.71. The van der Waals surface area contributed by atoms with Gasteiger partial charge in [0.25, 0.3) is 0 Å². The maximum absolute atomic E-state index is 3.85. The molecular weight excluding hydrogens is 244 g/mol. The third kappa shape index (κ3) is 3.54. The van der Waals surface area contributed by atoms with Crippen molar-refractivity contribution in [1.29, 1.82) is 0 Å². The first-order chi connectivity index (χ1) is 9.78. The smallest absolute Gasteiger partial charge is 0.0369 e. The molecule has 1 aromatic rings. The number of nitrogens with one attached hydrogen (secondary N) is 1. The van der Waals surface area contributed by atoms with Gasteiger partial charge >= 0.3 is 0 Å². The van der Waals surface area contributed by atoms with Crippen molar-refractivity contribution in [3.05, 3.63) is 29.8 Å². The minimum Gasteiger partial charge on any atom is -0.371 e. The Morgan fingerprint density at radius 2 is 1.90 bits per heavy atom. The van der Waals surface area contributed by atoms with Crippen LogP contribution in [0.3, 0.4) is 0 Å². The van der Waals surface area contributed by atoms with Gasteiger partial charge in [-0.15, -0.1) is 0 Å². The Labute approximate surface area is 123 Å². The lowest BCUT2D eigenvalue weighted by Gasteiger charge is -2.25. The van der Waals surface area contributed by atoms with Crippen LogP contribution < -0.4 is 10.2 Å². The first kappa shape index (κ1) is 13.9. The second kappa shape index (κ2) is 6.17. The largest absolute Gasteiger partial charge is 0.371 e. The maximum atomic E-state index is 3.85. The summed E-state index contributed by atoms with van der Waals surface area (Å²) in [4.78, 5) is 2.48. The summed E-state index contributed by atoms with van der Waals surface area (Å²) in [5, 5.41) is 3.85. The highest BCUT2D eigenvalue weighted by Crippen LogP contribution is 2.44. The minimum atomic E-state index is 0.825. The third-order valence-electron chi connectivity index (χ3n) is 4.77. The molecule has 0 spiro atoms. The summed E-state index contributed by atoms with van der Waals surface area (Å²) in [6.07, 6.45) is 5.85. The summed E-state index contributed by atoms with van der Waals surface area (Å²) < 4.78 is 0. The van der Waals surface area contributed by atoms with Gasteiger partial charge in [-0.1, -0.05) is 12.1 Å². The normalized spacial score (nSPS) is 18.6. The highest BCUT2D eigenvalue weighted by molar-refractivity contribution is 5.48. The van der Waals surface area contributed by atoms with Crippen molar-refractivity contribution < 1.29 is 0 Å². The number of aryl methyl sites for hydroxylation is 1. The standard InChI is InChI=1S/C18H28N2/c1-3-20(17-6-4-5-14(2)13-17)12-11-19-18(15-7-8-15)16-9-10-16/h4-6,13,15-16,18-19H,3,7-12H2,1-2H3. The van der Waals surface area contributed by atoms with Gasteiger partial charge in [0.15, 0.2) is 0 Å². The molecule has 1 N–H and O–H groups in total. The Bertz CT molecular complexity index is 423. The van der Waals surface area contributed by atoms with Gasteiger partial charge in [0.2, 0.25) is 0 Å². The fourth-order valence-corrected chi connectivity index (χ4v) is 3.29. The van der Waals surface area contributed by atoms with E-state index in [4.69, 9.17) is 0 Å². The van der Waals surface area contributed by atoms with Crippen molar-refractivity contribution in [1.82, 2.24) is 5.32 Å². The monoisotopic (exact) mass is 272 g/mol. The predicted molar refractivity (Wildman–Crippen MR) is 86.3 cm³/mol. The van der Waals surface area contributed by atoms with Gasteiger partial charge < -0.3 is 10.2 Å². The Morgan fingerprint density at radius 1 is 1.20 bits per heavy atom. The van der Waals surface area contributed by atoms with Crippen molar-refractivity contribution in [2.45, 2.75) is 45.6 Å². The van der Waals surface area contributed by atoms with Crippen molar-refractivity contribution in [2.75, 3.05) is 24.5 Å². The average Bonchev–Trinajstić information content (AvgIpc) is 3.32. The van der Waals surface area contributed by atoms with E-state index < -0.39 is 0 Å². The van der Waals surface area contributed by atoms with Crippen molar-refractivity contribution in [3.63, 3.8) is 0 Å². The number of likely N-dealkylation sites (N-methyl/N-ethyl adjacent to an activating group) is 1. The molecule has 2 aliphatic carbocycles. The van der Waals surface area contributed by atoms with Gasteiger partial charge in [0.05, 0.1) is 0 Å². The van der Waals surface area contributed by atoms with E-state index in [2.05, 4.69) is 48.3 Å². The Balaban J connectivity index is 1.50. The van der Waals surface area contributed by atoms with Gasteiger partial charge in [0, 0.05) is 31.4 Å². The van der Waals surface area contributed by atoms with Crippen LogP contribution in [0.1, 0.15) is 38.2 Å². The Morgan fingerprint density at radius 3 is 2.45 bits per heavy atom. The molecule has 0 amide bonds. The quantitative estimate of drug-likeness (QED) is 0.778. The number of nitrogens with zero attached hydrogens (tertiary/aromatic N) is 1. The van der Waals surface area contributed by atoms with E-state index in [1.165, 1.54) is 36.9 Å². The second-order valence-electron chi connectivity index (χ2n) is 6.57. The zero-order chi connectivity index (χ0) is 13.9. The van der Waals surface area contributed by atoms with E-state index >= 15 is 0 Å². The van der Waals surface area contributed by atoms with E-state index in [0.717, 1.165) is 37.5 Å². The molecule has 2 fully saturated rings. The van der Waals surface area contributed by atoms with Crippen LogP contribution in [0, 0.1) is 18.8 Å². The number of benzene rings is 1. The molecule has 0 radical (unpaired) electrons. The third-order valence-corrected chi connectivity index (χ3v) is 4.77. The second-order valence-corrected chi connectivity index (χ2v) is 6.57. The fourth-order valence-electron chi connectivity index (χ4n) is 3.29. The van der Waals surface area contributed by atoms with E-state index in [9.17, 15) is 0 Å². The lowest BCUT2D eigenvalue weighted by molar-refractivity contribution is 0.420. The molecule has 0 aromatic heterocycles. The van der Waals surface area contributed by atoms with Crippen molar-refractivity contribution >= 4 is 5.69 Å². The van der Waals surface area contributed by atoms with Crippen LogP contribution in [-0.2, 0) is 0 Å². The summed E-state index contributed by atoms with van der Waals surface area (Å²) >= 11 is 0. The summed E-state index contributed by atoms with van der Waals surface area (Å²) in [6.45, 7) is 7.76. The van der Waals surface area contributed by atoms with Gasteiger partial charge in [-0.3, -0.25) is 0 Å². The molecule has 2 nitrogen and oxygen atoms in total. The molecule has 3 rings (SSSR count). The lowest BCUT2D eigenvalue weighted by Crippen LogP contribution is -2.39. The zero-order valence-electron chi connectivity index (χ0n) is 12.9. The van der Waals surface area contributed by atoms with Crippen LogP contribution in [0.15, 0.2) is 24.3 Å². The van der Waals surface area contributed by atoms with E-state index in [-0.39, 0.29) is 0 Å². The highest BCUT2D eigenvalue weighted by Gasteiger charge is 2.40. The molecule has 0 saturated heterocycles. The maximum Gasteiger partial charge on any atom is 0.0369 e. The number of anilines is 1. The van der Waals surface area contributed by atoms with Gasteiger partial charge in [-0.05, 0) is 69.1 Å². The first-order valence-electron chi connectivity index (χ1n) is 8.33. The molecular formula is C18H28N2. The van der Waals surface area contributed by atoms with Crippen LogP contribution in [0.2, 0.25) is 0 Å². The number of rotatable bonds is 8. The molecule has 0 aliphatic heterocycles. The van der Waals surface area contributed by atoms with Crippen LogP contribution in [0.25, 0.3) is 0 Å². The molecule has 1 aromatic carbocycles. The van der Waals surface area contributed by atoms with Crippen LogP contribution in [0.5, 0.6) is 0 Å². The first-order valence-corrected chi connectivity index (χ1v) is 8.33. The van der Waals surface area contributed by atoms with Gasteiger partial charge in [0.1, 0.15) is 0 Å². The SMILES string of the molecule is CCN(CCNC(C1CC1)C1CC1)c1cccc(C)c1. The summed E-state index contributed by atoms with van der Waals surface area (Å²) in [7, 11) is 0. The highest BCUT2D eigenvalue weighted by atomic mass is 15.1. The Hall–Kier alpha value is -1.02. The molecule has 0 bridgehead atoms. The van der Waals surface area contributed by atoms with Crippen molar-refractivity contribution in [2.24, 2.45) is 11.8 Å². The van der Waals surface area contributed by atoms with Gasteiger partial charge in [-0.2, -0.15) is 0 Å². The van der Waals surface area contributed by atoms with Gasteiger partial charge in [-0.25, -0.2) is 0 Å². The van der Waals surface area contributed by atoms with E-state index in [1.54, 1.807) is 0 Å².